The van der Waals surface area contributed by atoms with Crippen LogP contribution < -0.4 is 10.1 Å². The lowest BCUT2D eigenvalue weighted by Gasteiger charge is -2.25. The molecular weight excluding hydrogens is 420 g/mol. The van der Waals surface area contributed by atoms with Gasteiger partial charge in [-0.15, -0.1) is 0 Å². The van der Waals surface area contributed by atoms with E-state index >= 15 is 0 Å². The van der Waals surface area contributed by atoms with Crippen molar-refractivity contribution in [3.05, 3.63) is 95.2 Å². The third kappa shape index (κ3) is 3.90. The average molecular weight is 451 g/mol. The van der Waals surface area contributed by atoms with E-state index in [2.05, 4.69) is 98.4 Å². The second-order valence-electron chi connectivity index (χ2n) is 10.0. The minimum absolute atomic E-state index is 0.0525. The molecule has 34 heavy (non-hydrogen) atoms. The first kappa shape index (κ1) is 22.0. The van der Waals surface area contributed by atoms with Crippen molar-refractivity contribution in [1.82, 2.24) is 4.57 Å². The summed E-state index contributed by atoms with van der Waals surface area (Å²) in [7, 11) is 0. The monoisotopic (exact) mass is 450 g/mol. The van der Waals surface area contributed by atoms with Crippen molar-refractivity contribution in [1.29, 1.82) is 0 Å². The Morgan fingerprint density at radius 1 is 0.971 bits per heavy atom. The SMILES string of the molecule is CC(=O)Nc1ccc(C2=C(c3cn(C(C)(C)C)c4ccccc34)COc3cc(C)ccc32)cc1. The van der Waals surface area contributed by atoms with E-state index in [9.17, 15) is 4.79 Å². The molecule has 4 heteroatoms. The molecule has 4 nitrogen and oxygen atoms in total. The Balaban J connectivity index is 1.78. The third-order valence-electron chi connectivity index (χ3n) is 6.33. The van der Waals surface area contributed by atoms with Gasteiger partial charge in [-0.3, -0.25) is 4.79 Å². The number of fused-ring (bicyclic) bond motifs is 2. The number of carbonyl (C=O) groups excluding carboxylic acids is 1. The highest BCUT2D eigenvalue weighted by atomic mass is 16.5. The summed E-state index contributed by atoms with van der Waals surface area (Å²) in [6.45, 7) is 10.8. The number of aryl methyl sites for hydroxylation is 1. The van der Waals surface area contributed by atoms with E-state index in [1.807, 2.05) is 12.1 Å². The molecule has 1 aromatic heterocycles. The number of hydrogen-bond donors (Lipinski definition) is 1. The molecule has 0 spiro atoms. The van der Waals surface area contributed by atoms with E-state index in [0.717, 1.165) is 22.6 Å². The minimum Gasteiger partial charge on any atom is -0.488 e. The number of nitrogens with one attached hydrogen (secondary N) is 1. The number of nitrogens with zero attached hydrogens (tertiary/aromatic N) is 1. The quantitative estimate of drug-likeness (QED) is 0.365. The summed E-state index contributed by atoms with van der Waals surface area (Å²) >= 11 is 0. The predicted octanol–water partition coefficient (Wildman–Crippen LogP) is 7.01. The van der Waals surface area contributed by atoms with E-state index in [1.165, 1.54) is 40.1 Å². The van der Waals surface area contributed by atoms with Gasteiger partial charge in [0.2, 0.25) is 5.91 Å². The van der Waals surface area contributed by atoms with Gasteiger partial charge in [0.1, 0.15) is 12.4 Å². The first-order valence-electron chi connectivity index (χ1n) is 11.7. The van der Waals surface area contributed by atoms with Gasteiger partial charge in [0, 0.05) is 51.9 Å². The number of anilines is 1. The standard InChI is InChI=1S/C30H30N2O2/c1-19-10-15-24-28(16-19)34-18-26(29(24)21-11-13-22(14-12-21)31-20(2)33)25-17-32(30(3,4)5)27-9-7-6-8-23(25)27/h6-17H,18H2,1-5H3,(H,31,33). The maximum atomic E-state index is 11.5. The topological polar surface area (TPSA) is 43.3 Å². The van der Waals surface area contributed by atoms with E-state index in [-0.39, 0.29) is 11.4 Å². The predicted molar refractivity (Wildman–Crippen MR) is 140 cm³/mol. The van der Waals surface area contributed by atoms with Crippen molar-refractivity contribution < 1.29 is 9.53 Å². The molecule has 1 N–H and O–H groups in total. The number of benzene rings is 3. The Kier molecular flexibility index (Phi) is 5.32. The summed E-state index contributed by atoms with van der Waals surface area (Å²) in [6, 6.07) is 23.1. The lowest BCUT2D eigenvalue weighted by molar-refractivity contribution is -0.114. The molecule has 0 unspecified atom stereocenters. The average Bonchev–Trinajstić information content (AvgIpc) is 3.19. The molecule has 1 amide bonds. The van der Waals surface area contributed by atoms with Crippen LogP contribution in [0.3, 0.4) is 0 Å². The Morgan fingerprint density at radius 3 is 2.41 bits per heavy atom. The van der Waals surface area contributed by atoms with Crippen LogP contribution in [0, 0.1) is 6.92 Å². The Morgan fingerprint density at radius 2 is 1.71 bits per heavy atom. The zero-order chi connectivity index (χ0) is 24.0. The minimum atomic E-state index is -0.0745. The Bertz CT molecular complexity index is 1430. The zero-order valence-corrected chi connectivity index (χ0v) is 20.4. The number of aromatic nitrogens is 1. The van der Waals surface area contributed by atoms with Crippen LogP contribution in [0.2, 0.25) is 0 Å². The van der Waals surface area contributed by atoms with Crippen molar-refractivity contribution in [2.24, 2.45) is 0 Å². The number of rotatable bonds is 3. The lowest BCUT2D eigenvalue weighted by atomic mass is 9.87. The highest BCUT2D eigenvalue weighted by Crippen LogP contribution is 2.44. The molecule has 2 heterocycles. The van der Waals surface area contributed by atoms with Crippen LogP contribution >= 0.6 is 0 Å². The van der Waals surface area contributed by atoms with Crippen molar-refractivity contribution in [2.45, 2.75) is 40.2 Å². The van der Waals surface area contributed by atoms with Gasteiger partial charge in [-0.25, -0.2) is 0 Å². The number of ether oxygens (including phenoxy) is 1. The Labute approximate surface area is 200 Å². The molecule has 0 bridgehead atoms. The van der Waals surface area contributed by atoms with E-state index in [4.69, 9.17) is 4.74 Å². The van der Waals surface area contributed by atoms with Gasteiger partial charge in [0.05, 0.1) is 0 Å². The van der Waals surface area contributed by atoms with Gasteiger partial charge >= 0.3 is 0 Å². The molecule has 0 saturated carbocycles. The molecule has 1 aliphatic heterocycles. The molecule has 0 saturated heterocycles. The normalized spacial score (nSPS) is 13.6. The lowest BCUT2D eigenvalue weighted by Crippen LogP contribution is -2.20. The maximum Gasteiger partial charge on any atom is 0.221 e. The van der Waals surface area contributed by atoms with Gasteiger partial charge in [0.25, 0.3) is 0 Å². The summed E-state index contributed by atoms with van der Waals surface area (Å²) in [6.07, 6.45) is 2.27. The van der Waals surface area contributed by atoms with Gasteiger partial charge < -0.3 is 14.6 Å². The van der Waals surface area contributed by atoms with Crippen molar-refractivity contribution in [2.75, 3.05) is 11.9 Å². The van der Waals surface area contributed by atoms with E-state index in [0.29, 0.717) is 6.61 Å². The maximum absolute atomic E-state index is 11.5. The molecule has 1 aliphatic rings. The smallest absolute Gasteiger partial charge is 0.221 e. The molecule has 4 aromatic rings. The van der Waals surface area contributed by atoms with Crippen LogP contribution in [0.4, 0.5) is 5.69 Å². The van der Waals surface area contributed by atoms with Gasteiger partial charge in [-0.1, -0.05) is 42.5 Å². The van der Waals surface area contributed by atoms with Crippen LogP contribution in [0.5, 0.6) is 5.75 Å². The number of para-hydroxylation sites is 1. The molecule has 0 fully saturated rings. The van der Waals surface area contributed by atoms with Gasteiger partial charge in [-0.05, 0) is 68.7 Å². The fourth-order valence-electron chi connectivity index (χ4n) is 4.78. The first-order chi connectivity index (χ1) is 16.2. The van der Waals surface area contributed by atoms with Gasteiger partial charge in [-0.2, -0.15) is 0 Å². The van der Waals surface area contributed by atoms with Crippen LogP contribution in [0.1, 0.15) is 49.9 Å². The van der Waals surface area contributed by atoms with E-state index in [1.54, 1.807) is 0 Å². The van der Waals surface area contributed by atoms with Crippen LogP contribution in [-0.2, 0) is 10.3 Å². The van der Waals surface area contributed by atoms with Crippen molar-refractivity contribution >= 4 is 33.6 Å². The van der Waals surface area contributed by atoms with E-state index < -0.39 is 0 Å². The van der Waals surface area contributed by atoms with Crippen molar-refractivity contribution in [3.63, 3.8) is 0 Å². The number of hydrogen-bond acceptors (Lipinski definition) is 2. The number of amides is 1. The Hall–Kier alpha value is -3.79. The summed E-state index contributed by atoms with van der Waals surface area (Å²) in [4.78, 5) is 11.5. The molecule has 172 valence electrons. The van der Waals surface area contributed by atoms with Crippen molar-refractivity contribution in [3.8, 4) is 5.75 Å². The molecule has 3 aromatic carbocycles. The summed E-state index contributed by atoms with van der Waals surface area (Å²) in [5, 5.41) is 4.09. The fraction of sp³-hybridized carbons (Fsp3) is 0.233. The number of carbonyl (C=O) groups is 1. The summed E-state index contributed by atoms with van der Waals surface area (Å²) < 4.78 is 8.67. The molecule has 5 rings (SSSR count). The molecule has 0 radical (unpaired) electrons. The second kappa shape index (κ2) is 8.21. The van der Waals surface area contributed by atoms with Crippen LogP contribution in [0.25, 0.3) is 22.0 Å². The second-order valence-corrected chi connectivity index (χ2v) is 10.0. The van der Waals surface area contributed by atoms with Crippen LogP contribution in [-0.4, -0.2) is 17.1 Å². The first-order valence-corrected chi connectivity index (χ1v) is 11.7. The molecular formula is C30H30N2O2. The summed E-state index contributed by atoms with van der Waals surface area (Å²) in [5.41, 5.74) is 8.85. The largest absolute Gasteiger partial charge is 0.488 e. The molecule has 0 atom stereocenters. The highest BCUT2D eigenvalue weighted by Gasteiger charge is 2.27. The summed E-state index contributed by atoms with van der Waals surface area (Å²) in [5.74, 6) is 0.832. The molecule has 0 aliphatic carbocycles. The third-order valence-corrected chi connectivity index (χ3v) is 6.33. The highest BCUT2D eigenvalue weighted by molar-refractivity contribution is 6.07. The zero-order valence-electron chi connectivity index (χ0n) is 20.4. The fourth-order valence-corrected chi connectivity index (χ4v) is 4.78. The van der Waals surface area contributed by atoms with Gasteiger partial charge in [0.15, 0.2) is 0 Å². The van der Waals surface area contributed by atoms with Crippen LogP contribution in [0.15, 0.2) is 72.9 Å².